The van der Waals surface area contributed by atoms with Gasteiger partial charge in [-0.15, -0.1) is 0 Å². The molecule has 1 heterocycles. The van der Waals surface area contributed by atoms with E-state index in [2.05, 4.69) is 4.74 Å². The van der Waals surface area contributed by atoms with Gasteiger partial charge in [-0.1, -0.05) is 12.1 Å². The molecular weight excluding hydrogens is 268 g/mol. The van der Waals surface area contributed by atoms with Gasteiger partial charge in [-0.2, -0.15) is 0 Å². The Balaban J connectivity index is 0.000000206. The summed E-state index contributed by atoms with van der Waals surface area (Å²) in [5, 5.41) is 25.1. The van der Waals surface area contributed by atoms with Crippen molar-refractivity contribution in [3.63, 3.8) is 0 Å². The number of carboxylic acid groups (broad SMARTS) is 1. The molecule has 2 rings (SSSR count). The van der Waals surface area contributed by atoms with Crippen molar-refractivity contribution in [2.75, 3.05) is 13.2 Å². The first-order valence-electron chi connectivity index (χ1n) is 5.66. The highest BCUT2D eigenvalue weighted by Crippen LogP contribution is 2.18. The lowest BCUT2D eigenvalue weighted by Crippen LogP contribution is -2.35. The Morgan fingerprint density at radius 3 is 1.75 bits per heavy atom. The van der Waals surface area contributed by atoms with Crippen molar-refractivity contribution in [1.82, 2.24) is 0 Å². The molecule has 7 nitrogen and oxygen atoms in total. The summed E-state index contributed by atoms with van der Waals surface area (Å²) in [6, 6.07) is 6.53. The van der Waals surface area contributed by atoms with Gasteiger partial charge in [-0.25, -0.2) is 9.59 Å². The van der Waals surface area contributed by atoms with Crippen LogP contribution in [-0.2, 0) is 9.53 Å². The second-order valence-corrected chi connectivity index (χ2v) is 4.40. The summed E-state index contributed by atoms with van der Waals surface area (Å²) in [7, 11) is 0. The Bertz CT molecular complexity index is 498. The van der Waals surface area contributed by atoms with Gasteiger partial charge < -0.3 is 20.1 Å². The van der Waals surface area contributed by atoms with Crippen LogP contribution in [0.5, 0.6) is 0 Å². The van der Waals surface area contributed by atoms with Gasteiger partial charge in [-0.3, -0.25) is 4.79 Å². The van der Waals surface area contributed by atoms with Gasteiger partial charge in [-0.05, 0) is 19.1 Å². The lowest BCUT2D eigenvalue weighted by Gasteiger charge is -2.17. The van der Waals surface area contributed by atoms with Gasteiger partial charge in [0.1, 0.15) is 5.41 Å². The fourth-order valence-electron chi connectivity index (χ4n) is 1.22. The summed E-state index contributed by atoms with van der Waals surface area (Å²) >= 11 is 0. The van der Waals surface area contributed by atoms with Crippen molar-refractivity contribution in [2.24, 2.45) is 5.41 Å². The number of benzene rings is 1. The van der Waals surface area contributed by atoms with Gasteiger partial charge in [0.15, 0.2) is 0 Å². The number of esters is 2. The van der Waals surface area contributed by atoms with Crippen LogP contribution >= 0.6 is 0 Å². The number of carbonyl (C=O) groups excluding carboxylic acids is 2. The Kier molecular flexibility index (Phi) is 4.95. The van der Waals surface area contributed by atoms with Gasteiger partial charge in [0.25, 0.3) is 0 Å². The minimum absolute atomic E-state index is 0.359. The quantitative estimate of drug-likeness (QED) is 0.529. The van der Waals surface area contributed by atoms with E-state index in [-0.39, 0.29) is 0 Å². The van der Waals surface area contributed by atoms with E-state index in [0.29, 0.717) is 11.1 Å². The van der Waals surface area contributed by atoms with Gasteiger partial charge in [0.05, 0.1) is 24.3 Å². The maximum atomic E-state index is 10.8. The highest BCUT2D eigenvalue weighted by molar-refractivity contribution is 6.14. The van der Waals surface area contributed by atoms with Crippen molar-refractivity contribution in [1.29, 1.82) is 0 Å². The Labute approximate surface area is 114 Å². The largest absolute Gasteiger partial charge is 0.481 e. The monoisotopic (exact) mass is 282 g/mol. The maximum absolute atomic E-state index is 10.8. The number of fused-ring (bicyclic) bond motifs is 1. The third-order valence-electron chi connectivity index (χ3n) is 2.77. The summed E-state index contributed by atoms with van der Waals surface area (Å²) in [5.41, 5.74) is -0.671. The standard InChI is InChI=1S/C8H4O3.C5H10O4/c9-7-5-3-1-2-4-6(5)8(10)11-7;1-5(2-6,3-7)4(8)9/h1-4H;6-7H,2-3H2,1H3,(H,8,9). The Morgan fingerprint density at radius 1 is 1.10 bits per heavy atom. The van der Waals surface area contributed by atoms with Crippen molar-refractivity contribution >= 4 is 17.9 Å². The highest BCUT2D eigenvalue weighted by atomic mass is 16.6. The lowest BCUT2D eigenvalue weighted by atomic mass is 9.94. The molecule has 0 bridgehead atoms. The Hall–Kier alpha value is -2.25. The van der Waals surface area contributed by atoms with Crippen LogP contribution in [0.25, 0.3) is 0 Å². The smallest absolute Gasteiger partial charge is 0.346 e. The number of aliphatic hydroxyl groups excluding tert-OH is 2. The predicted octanol–water partition coefficient (Wildman–Crippen LogP) is 0.0591. The summed E-state index contributed by atoms with van der Waals surface area (Å²) < 4.78 is 4.35. The summed E-state index contributed by atoms with van der Waals surface area (Å²) in [6.07, 6.45) is 0. The zero-order valence-corrected chi connectivity index (χ0v) is 10.7. The van der Waals surface area contributed by atoms with Gasteiger partial charge in [0.2, 0.25) is 0 Å². The molecule has 0 radical (unpaired) electrons. The second kappa shape index (κ2) is 6.27. The molecule has 0 aliphatic carbocycles. The number of carboxylic acids is 1. The SMILES string of the molecule is CC(CO)(CO)C(=O)O.O=C1OC(=O)c2ccccc21. The highest BCUT2D eigenvalue weighted by Gasteiger charge is 2.31. The topological polar surface area (TPSA) is 121 Å². The zero-order valence-electron chi connectivity index (χ0n) is 10.7. The van der Waals surface area contributed by atoms with E-state index in [9.17, 15) is 14.4 Å². The van der Waals surface area contributed by atoms with Gasteiger partial charge in [0, 0.05) is 0 Å². The molecule has 108 valence electrons. The molecule has 1 aromatic carbocycles. The lowest BCUT2D eigenvalue weighted by molar-refractivity contribution is -0.152. The average molecular weight is 282 g/mol. The third-order valence-corrected chi connectivity index (χ3v) is 2.77. The molecule has 0 unspecified atom stereocenters. The third kappa shape index (κ3) is 3.19. The van der Waals surface area contributed by atoms with E-state index in [0.717, 1.165) is 0 Å². The molecule has 0 fully saturated rings. The molecule has 0 amide bonds. The summed E-state index contributed by atoms with van der Waals surface area (Å²) in [4.78, 5) is 31.8. The molecule has 0 spiro atoms. The van der Waals surface area contributed by atoms with Crippen molar-refractivity contribution in [2.45, 2.75) is 6.92 Å². The van der Waals surface area contributed by atoms with Gasteiger partial charge >= 0.3 is 17.9 Å². The molecule has 20 heavy (non-hydrogen) atoms. The van der Waals surface area contributed by atoms with Crippen LogP contribution in [0.1, 0.15) is 27.6 Å². The molecule has 1 aliphatic rings. The zero-order chi connectivity index (χ0) is 15.3. The number of aliphatic carboxylic acids is 1. The van der Waals surface area contributed by atoms with E-state index in [1.807, 2.05) is 0 Å². The van der Waals surface area contributed by atoms with Crippen molar-refractivity contribution in [3.05, 3.63) is 35.4 Å². The average Bonchev–Trinajstić information content (AvgIpc) is 2.74. The number of ether oxygens (including phenoxy) is 1. The van der Waals surface area contributed by atoms with E-state index in [4.69, 9.17) is 15.3 Å². The normalized spacial score (nSPS) is 13.2. The number of cyclic esters (lactones) is 2. The van der Waals surface area contributed by atoms with Crippen LogP contribution in [0.15, 0.2) is 24.3 Å². The molecule has 1 aliphatic heterocycles. The fourth-order valence-corrected chi connectivity index (χ4v) is 1.22. The molecular formula is C13H14O7. The molecule has 3 N–H and O–H groups in total. The second-order valence-electron chi connectivity index (χ2n) is 4.40. The molecule has 7 heteroatoms. The number of carbonyl (C=O) groups is 3. The van der Waals surface area contributed by atoms with Crippen LogP contribution in [0, 0.1) is 5.41 Å². The first-order valence-corrected chi connectivity index (χ1v) is 5.66. The molecule has 1 aromatic rings. The molecule has 0 atom stereocenters. The van der Waals surface area contributed by atoms with Crippen LogP contribution in [-0.4, -0.2) is 46.4 Å². The first-order chi connectivity index (χ1) is 9.35. The van der Waals surface area contributed by atoms with E-state index < -0.39 is 36.5 Å². The predicted molar refractivity (Wildman–Crippen MR) is 66.1 cm³/mol. The Morgan fingerprint density at radius 2 is 1.50 bits per heavy atom. The van der Waals surface area contributed by atoms with Crippen molar-refractivity contribution < 1.29 is 34.4 Å². The van der Waals surface area contributed by atoms with E-state index in [1.54, 1.807) is 24.3 Å². The summed E-state index contributed by atoms with van der Waals surface area (Å²) in [6.45, 7) is 0.187. The van der Waals surface area contributed by atoms with E-state index in [1.165, 1.54) is 6.92 Å². The number of hydrogen-bond donors (Lipinski definition) is 3. The van der Waals surface area contributed by atoms with Crippen LogP contribution in [0.3, 0.4) is 0 Å². The fraction of sp³-hybridized carbons (Fsp3) is 0.308. The minimum Gasteiger partial charge on any atom is -0.481 e. The molecule has 0 aromatic heterocycles. The van der Waals surface area contributed by atoms with Crippen LogP contribution in [0.2, 0.25) is 0 Å². The molecule has 0 saturated heterocycles. The number of rotatable bonds is 3. The van der Waals surface area contributed by atoms with Crippen molar-refractivity contribution in [3.8, 4) is 0 Å². The molecule has 0 saturated carbocycles. The van der Waals surface area contributed by atoms with Crippen LogP contribution < -0.4 is 0 Å². The van der Waals surface area contributed by atoms with Crippen LogP contribution in [0.4, 0.5) is 0 Å². The summed E-state index contributed by atoms with van der Waals surface area (Å²) in [5.74, 6) is -2.29. The van der Waals surface area contributed by atoms with E-state index >= 15 is 0 Å². The minimum atomic E-state index is -1.39. The number of hydrogen-bond acceptors (Lipinski definition) is 6. The maximum Gasteiger partial charge on any atom is 0.346 e. The number of aliphatic hydroxyl groups is 2. The first kappa shape index (κ1) is 15.8.